The maximum Gasteiger partial charge on any atom is 0.319 e. The Balaban J connectivity index is 1.86. The van der Waals surface area contributed by atoms with Gasteiger partial charge in [-0.1, -0.05) is 6.42 Å². The van der Waals surface area contributed by atoms with Crippen molar-refractivity contribution in [1.82, 2.24) is 5.32 Å². The van der Waals surface area contributed by atoms with Gasteiger partial charge in [-0.3, -0.25) is 0 Å². The number of benzene rings is 1. The summed E-state index contributed by atoms with van der Waals surface area (Å²) in [4.78, 5) is 11.9. The first kappa shape index (κ1) is 13.1. The first-order valence-electron chi connectivity index (χ1n) is 6.15. The number of urea groups is 1. The van der Waals surface area contributed by atoms with Gasteiger partial charge >= 0.3 is 6.03 Å². The topological polar surface area (TPSA) is 67.2 Å². The smallest absolute Gasteiger partial charge is 0.319 e. The summed E-state index contributed by atoms with van der Waals surface area (Å²) in [6.45, 7) is 0. The summed E-state index contributed by atoms with van der Waals surface area (Å²) in [5.41, 5.74) is 7.05. The summed E-state index contributed by atoms with van der Waals surface area (Å²) in [6.07, 6.45) is 5.55. The van der Waals surface area contributed by atoms with Crippen LogP contribution in [-0.4, -0.2) is 23.6 Å². The lowest BCUT2D eigenvalue weighted by molar-refractivity contribution is 0.249. The quantitative estimate of drug-likeness (QED) is 0.736. The van der Waals surface area contributed by atoms with Gasteiger partial charge in [0.1, 0.15) is 0 Å². The average molecular weight is 265 g/mol. The van der Waals surface area contributed by atoms with E-state index >= 15 is 0 Å². The van der Waals surface area contributed by atoms with Crippen molar-refractivity contribution in [3.05, 3.63) is 24.3 Å². The van der Waals surface area contributed by atoms with Crippen LogP contribution >= 0.6 is 11.8 Å². The van der Waals surface area contributed by atoms with Crippen LogP contribution in [0.4, 0.5) is 16.2 Å². The number of carbonyl (C=O) groups is 1. The Hall–Kier alpha value is -1.36. The fraction of sp³-hybridized carbons (Fsp3) is 0.462. The second-order valence-corrected chi connectivity index (χ2v) is 5.61. The van der Waals surface area contributed by atoms with Gasteiger partial charge in [-0.15, -0.1) is 0 Å². The van der Waals surface area contributed by atoms with E-state index in [2.05, 4.69) is 16.9 Å². The van der Waals surface area contributed by atoms with Crippen LogP contribution in [-0.2, 0) is 0 Å². The van der Waals surface area contributed by atoms with E-state index in [1.54, 1.807) is 24.3 Å². The van der Waals surface area contributed by atoms with Gasteiger partial charge in [0.15, 0.2) is 0 Å². The summed E-state index contributed by atoms with van der Waals surface area (Å²) in [7, 11) is 0. The summed E-state index contributed by atoms with van der Waals surface area (Å²) < 4.78 is 0. The molecular weight excluding hydrogens is 246 g/mol. The first-order valence-corrected chi connectivity index (χ1v) is 7.43. The minimum atomic E-state index is -0.134. The molecule has 0 aromatic heterocycles. The van der Waals surface area contributed by atoms with E-state index in [1.165, 1.54) is 12.8 Å². The molecule has 2 atom stereocenters. The molecule has 0 aliphatic heterocycles. The molecule has 1 aliphatic rings. The molecule has 0 heterocycles. The van der Waals surface area contributed by atoms with Crippen molar-refractivity contribution in [3.8, 4) is 0 Å². The highest BCUT2D eigenvalue weighted by atomic mass is 32.2. The van der Waals surface area contributed by atoms with E-state index in [0.717, 1.165) is 12.1 Å². The van der Waals surface area contributed by atoms with Gasteiger partial charge in [0.05, 0.1) is 0 Å². The fourth-order valence-electron chi connectivity index (χ4n) is 2.28. The van der Waals surface area contributed by atoms with E-state index in [0.29, 0.717) is 10.9 Å². The Morgan fingerprint density at radius 3 is 2.72 bits per heavy atom. The van der Waals surface area contributed by atoms with Crippen LogP contribution in [0.1, 0.15) is 19.3 Å². The van der Waals surface area contributed by atoms with E-state index in [4.69, 9.17) is 5.73 Å². The van der Waals surface area contributed by atoms with Gasteiger partial charge < -0.3 is 16.4 Å². The van der Waals surface area contributed by atoms with Crippen molar-refractivity contribution in [3.63, 3.8) is 0 Å². The maximum atomic E-state index is 11.9. The predicted molar refractivity (Wildman–Crippen MR) is 78.0 cm³/mol. The number of nitrogens with one attached hydrogen (secondary N) is 2. The molecule has 0 saturated heterocycles. The summed E-state index contributed by atoms with van der Waals surface area (Å²) in [5.74, 6) is 0. The average Bonchev–Trinajstić information content (AvgIpc) is 2.79. The lowest BCUT2D eigenvalue weighted by atomic mass is 10.2. The van der Waals surface area contributed by atoms with Crippen LogP contribution in [0.15, 0.2) is 24.3 Å². The number of carbonyl (C=O) groups excluding carboxylic acids is 1. The molecule has 0 spiro atoms. The Kier molecular flexibility index (Phi) is 4.36. The molecule has 2 rings (SSSR count). The Morgan fingerprint density at radius 2 is 2.06 bits per heavy atom. The zero-order valence-electron chi connectivity index (χ0n) is 10.5. The zero-order chi connectivity index (χ0) is 13.0. The molecule has 1 aromatic rings. The van der Waals surface area contributed by atoms with Crippen LogP contribution in [0.25, 0.3) is 0 Å². The second kappa shape index (κ2) is 6.00. The Labute approximate surface area is 112 Å². The molecule has 2 amide bonds. The summed E-state index contributed by atoms with van der Waals surface area (Å²) in [6, 6.07) is 7.30. The fourth-order valence-corrected chi connectivity index (χ4v) is 3.21. The van der Waals surface area contributed by atoms with Crippen LogP contribution in [0.3, 0.4) is 0 Å². The highest BCUT2D eigenvalue weighted by Crippen LogP contribution is 2.28. The van der Waals surface area contributed by atoms with Crippen molar-refractivity contribution in [2.75, 3.05) is 17.3 Å². The van der Waals surface area contributed by atoms with Crippen molar-refractivity contribution in [2.45, 2.75) is 30.6 Å². The third-order valence-corrected chi connectivity index (χ3v) is 4.41. The lowest BCUT2D eigenvalue weighted by Gasteiger charge is -2.19. The van der Waals surface area contributed by atoms with Crippen molar-refractivity contribution >= 4 is 29.2 Å². The molecule has 1 saturated carbocycles. The number of nitrogens with two attached hydrogens (primary N) is 1. The molecule has 1 fully saturated rings. The molecule has 1 aliphatic carbocycles. The van der Waals surface area contributed by atoms with E-state index in [9.17, 15) is 4.79 Å². The summed E-state index contributed by atoms with van der Waals surface area (Å²) in [5, 5.41) is 6.41. The van der Waals surface area contributed by atoms with E-state index in [-0.39, 0.29) is 12.1 Å². The normalized spacial score (nSPS) is 22.7. The number of rotatable bonds is 3. The first-order chi connectivity index (χ1) is 8.69. The molecule has 5 heteroatoms. The number of amides is 2. The van der Waals surface area contributed by atoms with Gasteiger partial charge in [0.25, 0.3) is 0 Å². The molecular formula is C13H19N3OS. The molecule has 1 aromatic carbocycles. The molecule has 4 nitrogen and oxygen atoms in total. The zero-order valence-corrected chi connectivity index (χ0v) is 11.3. The third-order valence-electron chi connectivity index (χ3n) is 3.24. The minimum Gasteiger partial charge on any atom is -0.399 e. The Bertz CT molecular complexity index is 407. The van der Waals surface area contributed by atoms with Gasteiger partial charge in [-0.05, 0) is 43.4 Å². The molecule has 0 radical (unpaired) electrons. The summed E-state index contributed by atoms with van der Waals surface area (Å²) >= 11 is 1.83. The highest BCUT2D eigenvalue weighted by molar-refractivity contribution is 7.99. The molecule has 18 heavy (non-hydrogen) atoms. The number of anilines is 2. The number of hydrogen-bond donors (Lipinski definition) is 3. The molecule has 2 unspecified atom stereocenters. The SMILES string of the molecule is CSC1CCCC1NC(=O)Nc1ccc(N)cc1. The van der Waals surface area contributed by atoms with Gasteiger partial charge in [0, 0.05) is 22.7 Å². The van der Waals surface area contributed by atoms with Gasteiger partial charge in [0.2, 0.25) is 0 Å². The Morgan fingerprint density at radius 1 is 1.33 bits per heavy atom. The van der Waals surface area contributed by atoms with E-state index in [1.807, 2.05) is 11.8 Å². The maximum absolute atomic E-state index is 11.9. The molecule has 98 valence electrons. The standard InChI is InChI=1S/C13H19N3OS/c1-18-12-4-2-3-11(12)16-13(17)15-10-7-5-9(14)6-8-10/h5-8,11-12H,2-4,14H2,1H3,(H2,15,16,17). The number of thioether (sulfide) groups is 1. The third kappa shape index (κ3) is 3.32. The highest BCUT2D eigenvalue weighted by Gasteiger charge is 2.27. The van der Waals surface area contributed by atoms with Crippen LogP contribution in [0, 0.1) is 0 Å². The van der Waals surface area contributed by atoms with Gasteiger partial charge in [-0.25, -0.2) is 4.79 Å². The molecule has 4 N–H and O–H groups in total. The van der Waals surface area contributed by atoms with Crippen LogP contribution in [0.5, 0.6) is 0 Å². The van der Waals surface area contributed by atoms with Crippen LogP contribution in [0.2, 0.25) is 0 Å². The van der Waals surface area contributed by atoms with Crippen molar-refractivity contribution in [1.29, 1.82) is 0 Å². The number of hydrogen-bond acceptors (Lipinski definition) is 3. The lowest BCUT2D eigenvalue weighted by Crippen LogP contribution is -2.41. The van der Waals surface area contributed by atoms with E-state index < -0.39 is 0 Å². The number of nitrogen functional groups attached to an aromatic ring is 1. The van der Waals surface area contributed by atoms with Crippen molar-refractivity contribution in [2.24, 2.45) is 0 Å². The second-order valence-electron chi connectivity index (χ2n) is 4.53. The largest absolute Gasteiger partial charge is 0.399 e. The van der Waals surface area contributed by atoms with Crippen LogP contribution < -0.4 is 16.4 Å². The van der Waals surface area contributed by atoms with Gasteiger partial charge in [-0.2, -0.15) is 11.8 Å². The minimum absolute atomic E-state index is 0.134. The molecule has 0 bridgehead atoms. The predicted octanol–water partition coefficient (Wildman–Crippen LogP) is 2.67. The van der Waals surface area contributed by atoms with Crippen molar-refractivity contribution < 1.29 is 4.79 Å². The monoisotopic (exact) mass is 265 g/mol.